The molecule has 0 fully saturated rings. The van der Waals surface area contributed by atoms with E-state index < -0.39 is 8.60 Å². The van der Waals surface area contributed by atoms with Gasteiger partial charge in [0.05, 0.1) is 6.61 Å². The van der Waals surface area contributed by atoms with Gasteiger partial charge in [0.1, 0.15) is 0 Å². The van der Waals surface area contributed by atoms with Crippen molar-refractivity contribution in [3.8, 4) is 0 Å². The zero-order chi connectivity index (χ0) is 23.4. The van der Waals surface area contributed by atoms with Gasteiger partial charge in [-0.1, -0.05) is 136 Å². The maximum atomic E-state index is 8.40. The van der Waals surface area contributed by atoms with Gasteiger partial charge < -0.3 is 20.0 Å². The summed E-state index contributed by atoms with van der Waals surface area (Å²) in [6.07, 6.45) is 27.3. The second kappa shape index (κ2) is 30.3. The predicted molar refractivity (Wildman–Crippen MR) is 139 cm³/mol. The van der Waals surface area contributed by atoms with Crippen LogP contribution in [-0.4, -0.2) is 22.9 Å². The highest BCUT2D eigenvalue weighted by Gasteiger charge is 1.98. The van der Waals surface area contributed by atoms with Crippen LogP contribution in [0.5, 0.6) is 0 Å². The van der Waals surface area contributed by atoms with Crippen LogP contribution in [0, 0.1) is 5.92 Å². The number of hydrogen-bond donors (Lipinski definition) is 3. The van der Waals surface area contributed by atoms with Gasteiger partial charge in [-0.3, -0.25) is 0 Å². The molecule has 0 bridgehead atoms. The quantitative estimate of drug-likeness (QED) is 0.105. The molecule has 4 nitrogen and oxygen atoms in total. The van der Waals surface area contributed by atoms with E-state index in [1.165, 1.54) is 116 Å². The van der Waals surface area contributed by atoms with Crippen LogP contribution < -0.4 is 5.73 Å². The van der Waals surface area contributed by atoms with Gasteiger partial charge in [-0.25, -0.2) is 0 Å². The van der Waals surface area contributed by atoms with E-state index in [1.54, 1.807) is 0 Å². The van der Waals surface area contributed by atoms with Crippen molar-refractivity contribution in [1.29, 1.82) is 0 Å². The molecule has 0 heterocycles. The third-order valence-electron chi connectivity index (χ3n) is 5.69. The first-order chi connectivity index (χ1) is 15.0. The van der Waals surface area contributed by atoms with Crippen molar-refractivity contribution in [2.45, 2.75) is 149 Å². The average Bonchev–Trinajstić information content (AvgIpc) is 2.73. The zero-order valence-corrected chi connectivity index (χ0v) is 22.4. The Kier molecular flexibility index (Phi) is 32.7. The molecule has 5 heteroatoms. The van der Waals surface area contributed by atoms with Gasteiger partial charge in [0.25, 0.3) is 0 Å². The second-order valence-electron chi connectivity index (χ2n) is 9.42. The monoisotopic (exact) mass is 463 g/mol. The number of unbranched alkanes of at least 4 members (excludes halogenated alkanes) is 17. The fraction of sp³-hybridized carbons (Fsp3) is 1.00. The van der Waals surface area contributed by atoms with E-state index in [9.17, 15) is 0 Å². The molecule has 0 rings (SSSR count). The normalized spacial score (nSPS) is 11.2. The highest BCUT2D eigenvalue weighted by atomic mass is 31.2. The maximum Gasteiger partial charge on any atom is 0.327 e. The molecule has 0 aromatic rings. The summed E-state index contributed by atoms with van der Waals surface area (Å²) in [4.78, 5) is 16.8. The lowest BCUT2D eigenvalue weighted by molar-refractivity contribution is 0.248. The topological polar surface area (TPSA) is 75.7 Å². The summed E-state index contributed by atoms with van der Waals surface area (Å²) < 4.78 is 4.62. The van der Waals surface area contributed by atoms with E-state index in [0.29, 0.717) is 6.61 Å². The molecule has 0 saturated heterocycles. The fourth-order valence-electron chi connectivity index (χ4n) is 3.67. The molecule has 0 unspecified atom stereocenters. The molecule has 0 aromatic carbocycles. The van der Waals surface area contributed by atoms with E-state index in [1.807, 2.05) is 0 Å². The fourth-order valence-corrected chi connectivity index (χ4v) is 3.96. The molecular weight excluding hydrogens is 405 g/mol. The first-order valence-corrected chi connectivity index (χ1v) is 14.7. The molecule has 0 amide bonds. The van der Waals surface area contributed by atoms with Crippen molar-refractivity contribution >= 4 is 8.60 Å². The Morgan fingerprint density at radius 1 is 0.613 bits per heavy atom. The first-order valence-electron chi connectivity index (χ1n) is 13.5. The summed E-state index contributed by atoms with van der Waals surface area (Å²) in [5.41, 5.74) is 5.48. The Morgan fingerprint density at radius 2 is 1.00 bits per heavy atom. The molecular formula is C26H58NO3P. The lowest BCUT2D eigenvalue weighted by Gasteiger charge is -2.05. The molecule has 31 heavy (non-hydrogen) atoms. The largest absolute Gasteiger partial charge is 0.330 e. The third kappa shape index (κ3) is 37.9. The predicted octanol–water partition coefficient (Wildman–Crippen LogP) is 8.64. The van der Waals surface area contributed by atoms with Crippen LogP contribution in [0.2, 0.25) is 0 Å². The van der Waals surface area contributed by atoms with Crippen molar-refractivity contribution in [1.82, 2.24) is 0 Å². The minimum absolute atomic E-state index is 0.469. The van der Waals surface area contributed by atoms with E-state index in [0.717, 1.165) is 25.3 Å². The summed E-state index contributed by atoms with van der Waals surface area (Å²) in [7, 11) is -2.13. The van der Waals surface area contributed by atoms with Crippen LogP contribution >= 0.6 is 8.60 Å². The van der Waals surface area contributed by atoms with Gasteiger partial charge in [-0.15, -0.1) is 0 Å². The van der Waals surface area contributed by atoms with E-state index in [2.05, 4.69) is 25.3 Å². The Morgan fingerprint density at radius 3 is 1.35 bits per heavy atom. The molecule has 190 valence electrons. The van der Waals surface area contributed by atoms with E-state index in [-0.39, 0.29) is 0 Å². The van der Waals surface area contributed by atoms with Gasteiger partial charge in [0.2, 0.25) is 0 Å². The molecule has 0 aromatic heterocycles. The number of hydrogen-bond acceptors (Lipinski definition) is 4. The minimum Gasteiger partial charge on any atom is -0.330 e. The minimum atomic E-state index is -2.13. The van der Waals surface area contributed by atoms with Crippen LogP contribution in [0.1, 0.15) is 149 Å². The van der Waals surface area contributed by atoms with Gasteiger partial charge in [0, 0.05) is 0 Å². The van der Waals surface area contributed by atoms with Crippen molar-refractivity contribution < 1.29 is 14.3 Å². The van der Waals surface area contributed by atoms with Gasteiger partial charge >= 0.3 is 8.60 Å². The maximum absolute atomic E-state index is 8.40. The highest BCUT2D eigenvalue weighted by Crippen LogP contribution is 2.24. The molecule has 0 radical (unpaired) electrons. The molecule has 0 aliphatic carbocycles. The van der Waals surface area contributed by atoms with Gasteiger partial charge in [0.15, 0.2) is 0 Å². The Balaban J connectivity index is 0. The van der Waals surface area contributed by atoms with Crippen LogP contribution in [0.3, 0.4) is 0 Å². The van der Waals surface area contributed by atoms with E-state index in [4.69, 9.17) is 15.5 Å². The van der Waals surface area contributed by atoms with Crippen molar-refractivity contribution in [2.75, 3.05) is 13.2 Å². The molecule has 4 N–H and O–H groups in total. The summed E-state index contributed by atoms with van der Waals surface area (Å²) in [5.74, 6) is 0.763. The van der Waals surface area contributed by atoms with Crippen molar-refractivity contribution in [2.24, 2.45) is 11.7 Å². The Labute approximate surface area is 197 Å². The third-order valence-corrected chi connectivity index (χ3v) is 6.10. The lowest BCUT2D eigenvalue weighted by Crippen LogP contribution is -1.97. The van der Waals surface area contributed by atoms with Crippen molar-refractivity contribution in [3.63, 3.8) is 0 Å². The molecule has 0 aliphatic heterocycles. The van der Waals surface area contributed by atoms with Crippen LogP contribution in [0.4, 0.5) is 0 Å². The molecule has 0 aliphatic rings. The Bertz CT molecular complexity index is 276. The first kappa shape index (κ1) is 33.4. The highest BCUT2D eigenvalue weighted by molar-refractivity contribution is 7.39. The smallest absolute Gasteiger partial charge is 0.327 e. The molecule has 0 saturated carbocycles. The molecule has 0 spiro atoms. The number of rotatable bonds is 23. The summed E-state index contributed by atoms with van der Waals surface area (Å²) >= 11 is 0. The summed E-state index contributed by atoms with van der Waals surface area (Å²) in [5, 5.41) is 0. The van der Waals surface area contributed by atoms with Crippen LogP contribution in [-0.2, 0) is 4.52 Å². The Hall–Kier alpha value is 0.270. The number of nitrogens with two attached hydrogens (primary N) is 1. The SMILES string of the molecule is CC(C)CCCCCOP(O)O.CCCCCCCCCCCCCCCCCCN. The molecule has 0 atom stereocenters. The second-order valence-corrected chi connectivity index (χ2v) is 10.2. The lowest BCUT2D eigenvalue weighted by atomic mass is 10.0. The van der Waals surface area contributed by atoms with Gasteiger partial charge in [-0.2, -0.15) is 0 Å². The van der Waals surface area contributed by atoms with E-state index >= 15 is 0 Å². The standard InChI is InChI=1S/C18H39N.C8H19O3P/c1-2-3-4-5-6-7-8-9-10-11-12-13-14-15-16-17-18-19;1-8(2)6-4-3-5-7-11-12(9)10/h2-19H2,1H3;8-10H,3-7H2,1-2H3. The average molecular weight is 464 g/mol. The van der Waals surface area contributed by atoms with Crippen molar-refractivity contribution in [3.05, 3.63) is 0 Å². The zero-order valence-electron chi connectivity index (χ0n) is 21.5. The summed E-state index contributed by atoms with van der Waals surface area (Å²) in [6, 6.07) is 0. The van der Waals surface area contributed by atoms with Gasteiger partial charge in [-0.05, 0) is 25.3 Å². The van der Waals surface area contributed by atoms with Crippen LogP contribution in [0.25, 0.3) is 0 Å². The van der Waals surface area contributed by atoms with Crippen LogP contribution in [0.15, 0.2) is 0 Å². The summed E-state index contributed by atoms with van der Waals surface area (Å²) in [6.45, 7) is 8.04.